The van der Waals surface area contributed by atoms with Crippen LogP contribution in [0, 0.1) is 19.8 Å². The number of aromatic nitrogens is 4. The fourth-order valence-electron chi connectivity index (χ4n) is 9.26. The van der Waals surface area contributed by atoms with Crippen molar-refractivity contribution in [2.24, 2.45) is 13.0 Å². The first kappa shape index (κ1) is 52.7. The number of ether oxygens (including phenoxy) is 1. The van der Waals surface area contributed by atoms with E-state index in [1.165, 1.54) is 11.1 Å². The number of carboxylic acids is 1. The molecule has 6 aliphatic heterocycles. The Balaban J connectivity index is 0.000000359. The van der Waals surface area contributed by atoms with E-state index >= 15 is 0 Å². The zero-order valence-electron chi connectivity index (χ0n) is 42.0. The molecule has 11 rings (SSSR count). The smallest absolute Gasteiger partial charge is 0.408 e. The van der Waals surface area contributed by atoms with Gasteiger partial charge in [-0.1, -0.05) is 106 Å². The number of aryl methyl sites for hydroxylation is 5. The second kappa shape index (κ2) is 23.3. The van der Waals surface area contributed by atoms with Gasteiger partial charge >= 0.3 is 12.1 Å². The third-order valence-electron chi connectivity index (χ3n) is 13.5. The van der Waals surface area contributed by atoms with E-state index in [9.17, 15) is 19.2 Å². The van der Waals surface area contributed by atoms with Gasteiger partial charge in [-0.05, 0) is 122 Å². The van der Waals surface area contributed by atoms with E-state index in [0.29, 0.717) is 38.8 Å². The largest absolute Gasteiger partial charge is 0.657 e. The summed E-state index contributed by atoms with van der Waals surface area (Å²) in [6.07, 6.45) is 2.81. The summed E-state index contributed by atoms with van der Waals surface area (Å²) in [5.41, 5.74) is 19.5. The molecular formula is C56H64N7O6Zn-. The summed E-state index contributed by atoms with van der Waals surface area (Å²) in [5, 5.41) is 17.5. The molecule has 1 atom stereocenters. The normalized spacial score (nSPS) is 14.5. The van der Waals surface area contributed by atoms with Gasteiger partial charge in [-0.3, -0.25) is 9.59 Å². The number of alkyl carbamates (subject to hydrolysis) is 1. The molecule has 3 amide bonds. The van der Waals surface area contributed by atoms with Crippen LogP contribution in [-0.2, 0) is 78.2 Å². The van der Waals surface area contributed by atoms with Crippen LogP contribution in [-0.4, -0.2) is 49.6 Å². The molecule has 0 fully saturated rings. The second-order valence-electron chi connectivity index (χ2n) is 18.3. The average Bonchev–Trinajstić information content (AvgIpc) is 3.98. The minimum atomic E-state index is -1.07. The van der Waals surface area contributed by atoms with Gasteiger partial charge in [0.05, 0.1) is 22.8 Å². The van der Waals surface area contributed by atoms with Crippen LogP contribution in [0.1, 0.15) is 129 Å². The average molecular weight is 997 g/mol. The molecular weight excluding hydrogens is 932 g/mol. The Bertz CT molecular complexity index is 3020. The summed E-state index contributed by atoms with van der Waals surface area (Å²) in [6.45, 7) is 17.4. The zero-order chi connectivity index (χ0) is 49.5. The van der Waals surface area contributed by atoms with Gasteiger partial charge < -0.3 is 35.3 Å². The first-order chi connectivity index (χ1) is 33.1. The van der Waals surface area contributed by atoms with Crippen molar-refractivity contribution in [3.05, 3.63) is 141 Å². The van der Waals surface area contributed by atoms with Crippen LogP contribution in [0.3, 0.4) is 0 Å². The van der Waals surface area contributed by atoms with Gasteiger partial charge in [-0.15, -0.1) is 11.0 Å². The molecule has 3 aromatic heterocycles. The Hall–Kier alpha value is -6.66. The number of aliphatic carboxylic acids is 1. The molecule has 0 spiro atoms. The van der Waals surface area contributed by atoms with Crippen LogP contribution >= 0.6 is 0 Å². The number of hydrogen-bond acceptors (Lipinski definition) is 7. The topological polar surface area (TPSA) is 179 Å². The number of amides is 3. The van der Waals surface area contributed by atoms with E-state index in [-0.39, 0.29) is 43.8 Å². The van der Waals surface area contributed by atoms with Gasteiger partial charge in [0.1, 0.15) is 12.6 Å². The first-order valence-electron chi connectivity index (χ1n) is 23.9. The molecule has 362 valence electrons. The van der Waals surface area contributed by atoms with Crippen molar-refractivity contribution in [3.63, 3.8) is 0 Å². The molecule has 2 aromatic carbocycles. The van der Waals surface area contributed by atoms with E-state index in [4.69, 9.17) is 24.8 Å². The molecule has 13 nitrogen and oxygen atoms in total. The predicted octanol–water partition coefficient (Wildman–Crippen LogP) is 10.1. The van der Waals surface area contributed by atoms with E-state index in [2.05, 4.69) is 93.4 Å². The number of nitrogens with one attached hydrogen (secondary N) is 3. The van der Waals surface area contributed by atoms with Crippen molar-refractivity contribution < 1.29 is 48.5 Å². The van der Waals surface area contributed by atoms with E-state index < -0.39 is 18.1 Å². The van der Waals surface area contributed by atoms with E-state index in [0.717, 1.165) is 108 Å². The Kier molecular flexibility index (Phi) is 17.5. The summed E-state index contributed by atoms with van der Waals surface area (Å²) >= 11 is 0. The third-order valence-corrected chi connectivity index (χ3v) is 13.5. The minimum Gasteiger partial charge on any atom is -0.657 e. The number of rotatable bonds is 7. The van der Waals surface area contributed by atoms with Crippen LogP contribution in [0.4, 0.5) is 4.79 Å². The summed E-state index contributed by atoms with van der Waals surface area (Å²) in [7, 11) is 2.11. The Morgan fingerprint density at radius 2 is 1.23 bits per heavy atom. The molecule has 0 aliphatic carbocycles. The van der Waals surface area contributed by atoms with Gasteiger partial charge in [0.25, 0.3) is 0 Å². The zero-order valence-corrected chi connectivity index (χ0v) is 45.0. The number of allylic oxidation sites excluding steroid dienone is 4. The van der Waals surface area contributed by atoms with E-state index in [1.54, 1.807) is 13.8 Å². The monoisotopic (exact) mass is 994 g/mol. The van der Waals surface area contributed by atoms with Crippen LogP contribution < -0.4 is 20.9 Å². The number of carbonyl (C=O) groups is 4. The van der Waals surface area contributed by atoms with Crippen molar-refractivity contribution >= 4 is 68.2 Å². The van der Waals surface area contributed by atoms with E-state index in [1.807, 2.05) is 54.6 Å². The Morgan fingerprint density at radius 3 is 1.77 bits per heavy atom. The van der Waals surface area contributed by atoms with Crippen molar-refractivity contribution in [2.45, 2.75) is 120 Å². The number of carbonyl (C=O) groups excluding carboxylic acids is 3. The number of benzene rings is 2. The maximum atomic E-state index is 13.3. The Morgan fingerprint density at radius 1 is 0.714 bits per heavy atom. The molecule has 14 heteroatoms. The van der Waals surface area contributed by atoms with Crippen LogP contribution in [0.15, 0.2) is 78.9 Å². The van der Waals surface area contributed by atoms with Crippen molar-refractivity contribution in [1.29, 1.82) is 0 Å². The Labute approximate surface area is 423 Å². The molecule has 6 aliphatic rings. The number of carboxylic acid groups (broad SMARTS) is 1. The fraction of sp³-hybridized carbons (Fsp3) is 0.357. The molecule has 5 aromatic rings. The molecule has 12 bridgehead atoms. The van der Waals surface area contributed by atoms with Gasteiger partial charge in [0.2, 0.25) is 11.8 Å². The summed E-state index contributed by atoms with van der Waals surface area (Å²) in [6, 6.07) is 24.9. The maximum Gasteiger partial charge on any atom is 0.408 e. The van der Waals surface area contributed by atoms with Crippen LogP contribution in [0.5, 0.6) is 0 Å². The molecule has 0 saturated carbocycles. The maximum absolute atomic E-state index is 13.3. The van der Waals surface area contributed by atoms with Gasteiger partial charge in [0.15, 0.2) is 0 Å². The summed E-state index contributed by atoms with van der Waals surface area (Å²) < 4.78 is 7.19. The van der Waals surface area contributed by atoms with Crippen molar-refractivity contribution in [3.8, 4) is 0 Å². The SMILES string of the molecule is CC(C)[C@H](NC(=O)OCc1ccccc1)C(=O)O.CCC1=C(C)c2cc3c4c(C)c(cc5nc(cc6[n-]c(cc1n2)c(C)c6CCC(=O)NCc1ccc(cc1)CNC(=O)CC4)C(C)=C5CC)n3C.[Zn]. The van der Waals surface area contributed by atoms with Crippen LogP contribution in [0.2, 0.25) is 0 Å². The predicted molar refractivity (Wildman–Crippen MR) is 272 cm³/mol. The van der Waals surface area contributed by atoms with Crippen molar-refractivity contribution in [1.82, 2.24) is 35.5 Å². The minimum absolute atomic E-state index is 0. The molecule has 70 heavy (non-hydrogen) atoms. The molecule has 9 heterocycles. The standard InChI is InChI=1S/C43H48N6O2.C13H17NO4.Zn/c1-8-30-25(4)36-20-41-33-15-17-43(51)45-23-29-12-10-28(11-13-29)22-44-42(50)16-14-32-26(5)35(18-37(30)48-36)46-38(32)19-34-24(3)31(9-2)39(47-34)21-40(27(33)6)49(41)7;1-9(2)11(12(15)16)14-13(17)18-8-10-6-4-3-5-7-10;/h10-13,18-21H,8-9,14-17,22-23H2,1-7H3,(H3,44,45,46,47,48,50,51);3-7,9,11H,8H2,1-2H3,(H,14,17)(H,15,16);/p-1/t;11-;/m.0./s1. The van der Waals surface area contributed by atoms with Gasteiger partial charge in [-0.25, -0.2) is 19.6 Å². The number of hydrogen-bond donors (Lipinski definition) is 4. The molecule has 4 N–H and O–H groups in total. The van der Waals surface area contributed by atoms with Gasteiger partial charge in [-0.2, -0.15) is 0 Å². The molecule has 0 radical (unpaired) electrons. The quantitative estimate of drug-likeness (QED) is 0.116. The van der Waals surface area contributed by atoms with Gasteiger partial charge in [0, 0.05) is 63.5 Å². The first-order valence-corrected chi connectivity index (χ1v) is 23.9. The summed E-state index contributed by atoms with van der Waals surface area (Å²) in [5.74, 6) is -1.28. The molecule has 0 saturated heterocycles. The number of nitrogens with zero attached hydrogens (tertiary/aromatic N) is 4. The third kappa shape index (κ3) is 12.0. The van der Waals surface area contributed by atoms with Crippen molar-refractivity contribution in [2.75, 3.05) is 0 Å². The fourth-order valence-corrected chi connectivity index (χ4v) is 9.26. The second-order valence-corrected chi connectivity index (χ2v) is 18.3. The molecule has 0 unspecified atom stereocenters. The van der Waals surface area contributed by atoms with Crippen LogP contribution in [0.25, 0.3) is 44.4 Å². The summed E-state index contributed by atoms with van der Waals surface area (Å²) in [4.78, 5) is 64.4.